The van der Waals surface area contributed by atoms with Crippen LogP contribution in [0.1, 0.15) is 12.5 Å². The van der Waals surface area contributed by atoms with Gasteiger partial charge in [-0.15, -0.1) is 0 Å². The van der Waals surface area contributed by atoms with E-state index in [1.165, 1.54) is 5.56 Å². The molecule has 86 valence electrons. The first-order chi connectivity index (χ1) is 7.84. The van der Waals surface area contributed by atoms with Crippen molar-refractivity contribution in [3.63, 3.8) is 0 Å². The van der Waals surface area contributed by atoms with Gasteiger partial charge in [0.15, 0.2) is 0 Å². The highest BCUT2D eigenvalue weighted by Crippen LogP contribution is 2.05. The molecule has 2 aromatic heterocycles. The van der Waals surface area contributed by atoms with Crippen molar-refractivity contribution < 1.29 is 0 Å². The van der Waals surface area contributed by atoms with Crippen molar-refractivity contribution in [3.8, 4) is 0 Å². The molecule has 0 saturated carbocycles. The first kappa shape index (κ1) is 11.4. The summed E-state index contributed by atoms with van der Waals surface area (Å²) >= 11 is 1.76. The fourth-order valence-electron chi connectivity index (χ4n) is 1.65. The van der Waals surface area contributed by atoms with Gasteiger partial charge in [-0.3, -0.25) is 4.68 Å². The van der Waals surface area contributed by atoms with Crippen molar-refractivity contribution >= 4 is 11.3 Å². The molecule has 0 amide bonds. The molecule has 2 heterocycles. The molecule has 1 atom stereocenters. The molecular formula is C12H17N3S. The predicted octanol–water partition coefficient (Wildman–Crippen LogP) is 2.17. The normalized spacial score (nSPS) is 12.8. The second-order valence-electron chi connectivity index (χ2n) is 3.96. The van der Waals surface area contributed by atoms with Crippen molar-refractivity contribution in [2.24, 2.45) is 0 Å². The molecule has 0 aromatic carbocycles. The van der Waals surface area contributed by atoms with Gasteiger partial charge in [0.2, 0.25) is 0 Å². The lowest BCUT2D eigenvalue weighted by atomic mass is 10.2. The SMILES string of the molecule is CC(Cn1cccn1)NCCc1ccsc1. The Labute approximate surface area is 100 Å². The van der Waals surface area contributed by atoms with E-state index < -0.39 is 0 Å². The lowest BCUT2D eigenvalue weighted by Gasteiger charge is -2.13. The van der Waals surface area contributed by atoms with E-state index in [1.54, 1.807) is 11.3 Å². The first-order valence-electron chi connectivity index (χ1n) is 5.56. The predicted molar refractivity (Wildman–Crippen MR) is 67.7 cm³/mol. The number of rotatable bonds is 6. The van der Waals surface area contributed by atoms with Gasteiger partial charge in [-0.1, -0.05) is 0 Å². The van der Waals surface area contributed by atoms with Crippen molar-refractivity contribution in [3.05, 3.63) is 40.8 Å². The van der Waals surface area contributed by atoms with E-state index in [-0.39, 0.29) is 0 Å². The quantitative estimate of drug-likeness (QED) is 0.831. The van der Waals surface area contributed by atoms with Gasteiger partial charge >= 0.3 is 0 Å². The molecule has 0 spiro atoms. The van der Waals surface area contributed by atoms with Crippen LogP contribution in [0.5, 0.6) is 0 Å². The van der Waals surface area contributed by atoms with Crippen molar-refractivity contribution in [1.29, 1.82) is 0 Å². The summed E-state index contributed by atoms with van der Waals surface area (Å²) in [6.45, 7) is 4.14. The Hall–Kier alpha value is -1.13. The Balaban J connectivity index is 1.66. The second-order valence-corrected chi connectivity index (χ2v) is 4.74. The molecule has 0 radical (unpaired) electrons. The van der Waals surface area contributed by atoms with Gasteiger partial charge in [0.25, 0.3) is 0 Å². The highest BCUT2D eigenvalue weighted by molar-refractivity contribution is 7.07. The molecule has 1 N–H and O–H groups in total. The van der Waals surface area contributed by atoms with Gasteiger partial charge in [0.1, 0.15) is 0 Å². The molecular weight excluding hydrogens is 218 g/mol. The molecule has 1 unspecified atom stereocenters. The van der Waals surface area contributed by atoms with Gasteiger partial charge in [0, 0.05) is 18.4 Å². The second kappa shape index (κ2) is 5.82. The van der Waals surface area contributed by atoms with E-state index in [9.17, 15) is 0 Å². The summed E-state index contributed by atoms with van der Waals surface area (Å²) in [6, 6.07) is 4.60. The van der Waals surface area contributed by atoms with Crippen molar-refractivity contribution in [2.75, 3.05) is 6.54 Å². The summed E-state index contributed by atoms with van der Waals surface area (Å²) in [6.07, 6.45) is 4.92. The number of thiophene rings is 1. The molecule has 0 aliphatic heterocycles. The van der Waals surface area contributed by atoms with Crippen LogP contribution in [0.15, 0.2) is 35.3 Å². The minimum absolute atomic E-state index is 0.457. The maximum absolute atomic E-state index is 4.19. The van der Waals surface area contributed by atoms with Gasteiger partial charge in [-0.2, -0.15) is 16.4 Å². The summed E-state index contributed by atoms with van der Waals surface area (Å²) in [4.78, 5) is 0. The average Bonchev–Trinajstić information content (AvgIpc) is 2.90. The third kappa shape index (κ3) is 3.47. The summed E-state index contributed by atoms with van der Waals surface area (Å²) in [7, 11) is 0. The monoisotopic (exact) mass is 235 g/mol. The Morgan fingerprint density at radius 1 is 1.56 bits per heavy atom. The average molecular weight is 235 g/mol. The van der Waals surface area contributed by atoms with E-state index in [2.05, 4.69) is 34.2 Å². The third-order valence-electron chi connectivity index (χ3n) is 2.51. The molecule has 0 aliphatic rings. The van der Waals surface area contributed by atoms with E-state index in [0.717, 1.165) is 19.5 Å². The maximum atomic E-state index is 4.19. The topological polar surface area (TPSA) is 29.9 Å². The summed E-state index contributed by atoms with van der Waals surface area (Å²) in [5.74, 6) is 0. The van der Waals surface area contributed by atoms with Gasteiger partial charge in [-0.25, -0.2) is 0 Å². The minimum Gasteiger partial charge on any atom is -0.312 e. The molecule has 2 rings (SSSR count). The van der Waals surface area contributed by atoms with Crippen LogP contribution >= 0.6 is 11.3 Å². The molecule has 4 heteroatoms. The van der Waals surface area contributed by atoms with Crippen LogP contribution in [0.25, 0.3) is 0 Å². The Kier molecular flexibility index (Phi) is 4.13. The van der Waals surface area contributed by atoms with E-state index in [0.29, 0.717) is 6.04 Å². The van der Waals surface area contributed by atoms with E-state index >= 15 is 0 Å². The zero-order valence-corrected chi connectivity index (χ0v) is 10.3. The zero-order chi connectivity index (χ0) is 11.2. The maximum Gasteiger partial charge on any atom is 0.0559 e. The lowest BCUT2D eigenvalue weighted by Crippen LogP contribution is -2.32. The first-order valence-corrected chi connectivity index (χ1v) is 6.51. The summed E-state index contributed by atoms with van der Waals surface area (Å²) < 4.78 is 1.96. The molecule has 2 aromatic rings. The standard InChI is InChI=1S/C12H17N3S/c1-11(9-15-7-2-5-14-15)13-6-3-12-4-8-16-10-12/h2,4-5,7-8,10-11,13H,3,6,9H2,1H3. The van der Waals surface area contributed by atoms with Crippen LogP contribution in [0.2, 0.25) is 0 Å². The van der Waals surface area contributed by atoms with Gasteiger partial charge in [-0.05, 0) is 48.3 Å². The smallest absolute Gasteiger partial charge is 0.0559 e. The molecule has 3 nitrogen and oxygen atoms in total. The molecule has 16 heavy (non-hydrogen) atoms. The van der Waals surface area contributed by atoms with Crippen molar-refractivity contribution in [1.82, 2.24) is 15.1 Å². The minimum atomic E-state index is 0.457. The zero-order valence-electron chi connectivity index (χ0n) is 9.47. The number of nitrogens with one attached hydrogen (secondary N) is 1. The van der Waals surface area contributed by atoms with Crippen LogP contribution in [0.4, 0.5) is 0 Å². The summed E-state index contributed by atoms with van der Waals surface area (Å²) in [5, 5.41) is 12.0. The van der Waals surface area contributed by atoms with Crippen LogP contribution in [0.3, 0.4) is 0 Å². The van der Waals surface area contributed by atoms with Crippen LogP contribution in [0, 0.1) is 0 Å². The molecule has 0 saturated heterocycles. The Bertz CT molecular complexity index is 380. The molecule has 0 bridgehead atoms. The number of hydrogen-bond donors (Lipinski definition) is 1. The highest BCUT2D eigenvalue weighted by Gasteiger charge is 2.02. The van der Waals surface area contributed by atoms with Crippen LogP contribution in [-0.2, 0) is 13.0 Å². The lowest BCUT2D eigenvalue weighted by molar-refractivity contribution is 0.454. The van der Waals surface area contributed by atoms with E-state index in [1.807, 2.05) is 23.1 Å². The molecule has 0 fully saturated rings. The van der Waals surface area contributed by atoms with E-state index in [4.69, 9.17) is 0 Å². The van der Waals surface area contributed by atoms with Gasteiger partial charge < -0.3 is 5.32 Å². The van der Waals surface area contributed by atoms with Crippen molar-refractivity contribution in [2.45, 2.75) is 25.9 Å². The van der Waals surface area contributed by atoms with Crippen LogP contribution in [-0.4, -0.2) is 22.4 Å². The fraction of sp³-hybridized carbons (Fsp3) is 0.417. The van der Waals surface area contributed by atoms with Crippen LogP contribution < -0.4 is 5.32 Å². The molecule has 0 aliphatic carbocycles. The third-order valence-corrected chi connectivity index (χ3v) is 3.24. The fourth-order valence-corrected chi connectivity index (χ4v) is 2.35. The summed E-state index contributed by atoms with van der Waals surface area (Å²) in [5.41, 5.74) is 1.42. The van der Waals surface area contributed by atoms with Gasteiger partial charge in [0.05, 0.1) is 6.54 Å². The largest absolute Gasteiger partial charge is 0.312 e. The number of aromatic nitrogens is 2. The number of nitrogens with zero attached hydrogens (tertiary/aromatic N) is 2. The number of hydrogen-bond acceptors (Lipinski definition) is 3. The highest BCUT2D eigenvalue weighted by atomic mass is 32.1. The Morgan fingerprint density at radius 3 is 3.19 bits per heavy atom. The Morgan fingerprint density at radius 2 is 2.50 bits per heavy atom.